The minimum absolute atomic E-state index is 0.0979. The number of fused-ring (bicyclic) bond motifs is 1. The summed E-state index contributed by atoms with van der Waals surface area (Å²) in [6.45, 7) is 1.70. The van der Waals surface area contributed by atoms with Crippen LogP contribution in [-0.2, 0) is 4.74 Å². The quantitative estimate of drug-likeness (QED) is 0.597. The first-order valence-electron chi connectivity index (χ1n) is 5.49. The number of para-hydroxylation sites is 1. The fourth-order valence-corrected chi connectivity index (χ4v) is 2.21. The molecule has 2 atom stereocenters. The van der Waals surface area contributed by atoms with E-state index in [4.69, 9.17) is 9.47 Å². The lowest BCUT2D eigenvalue weighted by molar-refractivity contribution is -0.485. The summed E-state index contributed by atoms with van der Waals surface area (Å²) in [5.41, 5.74) is 0.888. The molecule has 2 rings (SSSR count). The van der Waals surface area contributed by atoms with Gasteiger partial charge in [-0.1, -0.05) is 18.2 Å². The summed E-state index contributed by atoms with van der Waals surface area (Å²) < 4.78 is 11.0. The smallest absolute Gasteiger partial charge is 0.211 e. The van der Waals surface area contributed by atoms with Crippen LogP contribution in [0.5, 0.6) is 5.75 Å². The van der Waals surface area contributed by atoms with Gasteiger partial charge in [-0.25, -0.2) is 0 Å². The third kappa shape index (κ3) is 2.39. The van der Waals surface area contributed by atoms with Crippen molar-refractivity contribution in [3.8, 4) is 5.75 Å². The highest BCUT2D eigenvalue weighted by atomic mass is 16.7. The molecule has 1 aromatic rings. The van der Waals surface area contributed by atoms with Crippen molar-refractivity contribution in [1.82, 2.24) is 0 Å². The van der Waals surface area contributed by atoms with Gasteiger partial charge in [-0.3, -0.25) is 10.1 Å². The molecular formula is C12H15NO4. The highest BCUT2D eigenvalue weighted by Gasteiger charge is 2.39. The molecule has 5 heteroatoms. The minimum Gasteiger partial charge on any atom is -0.462 e. The number of rotatable bonds is 3. The van der Waals surface area contributed by atoms with E-state index < -0.39 is 5.79 Å². The third-order valence-corrected chi connectivity index (χ3v) is 3.10. The molecule has 0 amide bonds. The van der Waals surface area contributed by atoms with Crippen LogP contribution < -0.4 is 4.74 Å². The van der Waals surface area contributed by atoms with E-state index >= 15 is 0 Å². The van der Waals surface area contributed by atoms with Crippen LogP contribution in [0.4, 0.5) is 0 Å². The van der Waals surface area contributed by atoms with Gasteiger partial charge >= 0.3 is 0 Å². The van der Waals surface area contributed by atoms with E-state index in [-0.39, 0.29) is 17.4 Å². The van der Waals surface area contributed by atoms with Crippen LogP contribution in [0, 0.1) is 10.1 Å². The van der Waals surface area contributed by atoms with Gasteiger partial charge in [0.1, 0.15) is 5.75 Å². The second-order valence-corrected chi connectivity index (χ2v) is 4.39. The molecule has 1 aliphatic heterocycles. The zero-order valence-corrected chi connectivity index (χ0v) is 9.88. The van der Waals surface area contributed by atoms with Crippen molar-refractivity contribution < 1.29 is 14.4 Å². The highest BCUT2D eigenvalue weighted by molar-refractivity contribution is 5.38. The first-order chi connectivity index (χ1) is 8.04. The number of hydrogen-bond acceptors (Lipinski definition) is 4. The summed E-state index contributed by atoms with van der Waals surface area (Å²) in [7, 11) is 1.55. The van der Waals surface area contributed by atoms with E-state index in [1.165, 1.54) is 0 Å². The van der Waals surface area contributed by atoms with Crippen molar-refractivity contribution in [3.05, 3.63) is 39.9 Å². The Morgan fingerprint density at radius 2 is 2.29 bits per heavy atom. The van der Waals surface area contributed by atoms with E-state index in [1.54, 1.807) is 14.0 Å². The van der Waals surface area contributed by atoms with Gasteiger partial charge in [0.15, 0.2) is 0 Å². The Balaban J connectivity index is 2.35. The maximum Gasteiger partial charge on any atom is 0.211 e. The molecule has 1 heterocycles. The molecule has 0 N–H and O–H groups in total. The molecule has 0 saturated carbocycles. The van der Waals surface area contributed by atoms with Gasteiger partial charge < -0.3 is 9.47 Å². The van der Waals surface area contributed by atoms with E-state index in [9.17, 15) is 10.1 Å². The maximum atomic E-state index is 10.7. The van der Waals surface area contributed by atoms with Crippen LogP contribution in [0.3, 0.4) is 0 Å². The fraction of sp³-hybridized carbons (Fsp3) is 0.500. The summed E-state index contributed by atoms with van der Waals surface area (Å²) >= 11 is 0. The van der Waals surface area contributed by atoms with E-state index in [0.717, 1.165) is 5.56 Å². The van der Waals surface area contributed by atoms with Gasteiger partial charge in [0.2, 0.25) is 12.3 Å². The zero-order valence-electron chi connectivity index (χ0n) is 9.88. The van der Waals surface area contributed by atoms with Gasteiger partial charge in [0, 0.05) is 30.9 Å². The number of hydrogen-bond donors (Lipinski definition) is 0. The minimum atomic E-state index is -0.783. The summed E-state index contributed by atoms with van der Waals surface area (Å²) in [5.74, 6) is -0.274. The maximum absolute atomic E-state index is 10.7. The zero-order chi connectivity index (χ0) is 12.5. The number of nitrogens with zero attached hydrogens (tertiary/aromatic N) is 1. The van der Waals surface area contributed by atoms with Crippen LogP contribution in [0.1, 0.15) is 24.8 Å². The Bertz CT molecular complexity index is 434. The van der Waals surface area contributed by atoms with Crippen molar-refractivity contribution in [2.45, 2.75) is 25.0 Å². The SMILES string of the molecule is CO[C@]1(C)C[C@@H](C[N+](=O)[O-])c2ccccc2O1. The standard InChI is InChI=1S/C12H15NO4/c1-12(16-2)7-9(8-13(14)15)10-5-3-4-6-11(10)17-12/h3-6,9H,7-8H2,1-2H3/t9-,12-/m0/s1. The van der Waals surface area contributed by atoms with Crippen LogP contribution >= 0.6 is 0 Å². The molecule has 17 heavy (non-hydrogen) atoms. The molecule has 0 aromatic heterocycles. The number of benzene rings is 1. The Kier molecular flexibility index (Phi) is 3.02. The molecule has 1 aliphatic rings. The summed E-state index contributed by atoms with van der Waals surface area (Å²) in [6.07, 6.45) is 0.488. The highest BCUT2D eigenvalue weighted by Crippen LogP contribution is 2.40. The van der Waals surface area contributed by atoms with Crippen LogP contribution in [0.15, 0.2) is 24.3 Å². The number of ether oxygens (including phenoxy) is 2. The van der Waals surface area contributed by atoms with Gasteiger partial charge in [-0.2, -0.15) is 0 Å². The second-order valence-electron chi connectivity index (χ2n) is 4.39. The number of nitro groups is 1. The molecule has 0 bridgehead atoms. The molecule has 1 aromatic carbocycles. The number of methoxy groups -OCH3 is 1. The van der Waals surface area contributed by atoms with Crippen LogP contribution in [0.25, 0.3) is 0 Å². The Morgan fingerprint density at radius 3 is 2.94 bits per heavy atom. The van der Waals surface area contributed by atoms with E-state index in [0.29, 0.717) is 12.2 Å². The largest absolute Gasteiger partial charge is 0.462 e. The molecule has 0 spiro atoms. The lowest BCUT2D eigenvalue weighted by Gasteiger charge is -2.37. The Morgan fingerprint density at radius 1 is 1.59 bits per heavy atom. The summed E-state index contributed by atoms with van der Waals surface area (Å²) in [6, 6.07) is 7.41. The average molecular weight is 237 g/mol. The Hall–Kier alpha value is -1.62. The fourth-order valence-electron chi connectivity index (χ4n) is 2.21. The second kappa shape index (κ2) is 4.33. The molecule has 0 fully saturated rings. The van der Waals surface area contributed by atoms with E-state index in [2.05, 4.69) is 0 Å². The monoisotopic (exact) mass is 237 g/mol. The van der Waals surface area contributed by atoms with Gasteiger partial charge in [0.25, 0.3) is 0 Å². The van der Waals surface area contributed by atoms with Crippen molar-refractivity contribution in [3.63, 3.8) is 0 Å². The first-order valence-corrected chi connectivity index (χ1v) is 5.49. The third-order valence-electron chi connectivity index (χ3n) is 3.10. The molecule has 0 radical (unpaired) electrons. The van der Waals surface area contributed by atoms with E-state index in [1.807, 2.05) is 24.3 Å². The topological polar surface area (TPSA) is 61.6 Å². The van der Waals surface area contributed by atoms with Crippen LogP contribution in [-0.4, -0.2) is 24.4 Å². The summed E-state index contributed by atoms with van der Waals surface area (Å²) in [4.78, 5) is 10.4. The first kappa shape index (κ1) is 11.9. The van der Waals surface area contributed by atoms with Gasteiger partial charge in [-0.05, 0) is 6.07 Å². The van der Waals surface area contributed by atoms with Crippen molar-refractivity contribution >= 4 is 0 Å². The average Bonchev–Trinajstić information content (AvgIpc) is 2.28. The van der Waals surface area contributed by atoms with Crippen molar-refractivity contribution in [2.75, 3.05) is 13.7 Å². The predicted molar refractivity (Wildman–Crippen MR) is 61.7 cm³/mol. The lowest BCUT2D eigenvalue weighted by Crippen LogP contribution is -2.41. The molecule has 0 saturated heterocycles. The van der Waals surface area contributed by atoms with Crippen molar-refractivity contribution in [1.29, 1.82) is 0 Å². The van der Waals surface area contributed by atoms with Crippen molar-refractivity contribution in [2.24, 2.45) is 0 Å². The molecule has 0 unspecified atom stereocenters. The molecule has 5 nitrogen and oxygen atoms in total. The van der Waals surface area contributed by atoms with Crippen LogP contribution in [0.2, 0.25) is 0 Å². The molecule has 0 aliphatic carbocycles. The normalized spacial score (nSPS) is 27.1. The predicted octanol–water partition coefficient (Wildman–Crippen LogP) is 2.19. The van der Waals surface area contributed by atoms with Gasteiger partial charge in [0.05, 0.1) is 5.92 Å². The molecule has 92 valence electrons. The van der Waals surface area contributed by atoms with Gasteiger partial charge in [-0.15, -0.1) is 0 Å². The Labute approximate surface area is 99.5 Å². The molecular weight excluding hydrogens is 222 g/mol. The summed E-state index contributed by atoms with van der Waals surface area (Å²) in [5, 5.41) is 10.7. The lowest BCUT2D eigenvalue weighted by atomic mass is 9.88.